The average molecular weight is 388 g/mol. The van der Waals surface area contributed by atoms with Crippen LogP contribution in [0.4, 0.5) is 11.4 Å². The molecule has 7 nitrogen and oxygen atoms in total. The summed E-state index contributed by atoms with van der Waals surface area (Å²) < 4.78 is 29.7. The molecule has 0 atom stereocenters. The monoisotopic (exact) mass is 388 g/mol. The molecule has 2 aromatic rings. The van der Waals surface area contributed by atoms with Gasteiger partial charge in [-0.3, -0.25) is 9.10 Å². The summed E-state index contributed by atoms with van der Waals surface area (Å²) >= 11 is 0. The van der Waals surface area contributed by atoms with E-state index in [0.29, 0.717) is 35.5 Å². The third-order valence-electron chi connectivity index (χ3n) is 4.50. The number of rotatable bonds is 4. The Bertz CT molecular complexity index is 1030. The summed E-state index contributed by atoms with van der Waals surface area (Å²) in [6.07, 6.45) is 1.72. The second kappa shape index (κ2) is 7.03. The number of carbonyl (C=O) groups excluding carboxylic acids is 2. The summed E-state index contributed by atoms with van der Waals surface area (Å²) in [5.41, 5.74) is 3.51. The first-order chi connectivity index (χ1) is 12.7. The van der Waals surface area contributed by atoms with Gasteiger partial charge < -0.3 is 10.1 Å². The number of aryl methyl sites for hydroxylation is 1. The van der Waals surface area contributed by atoms with Gasteiger partial charge in [0.05, 0.1) is 24.6 Å². The lowest BCUT2D eigenvalue weighted by Crippen LogP contribution is -2.27. The van der Waals surface area contributed by atoms with Gasteiger partial charge in [0.1, 0.15) is 0 Å². The lowest BCUT2D eigenvalue weighted by molar-refractivity contribution is 0.0600. The topological polar surface area (TPSA) is 92.8 Å². The molecule has 0 saturated carbocycles. The van der Waals surface area contributed by atoms with Crippen molar-refractivity contribution < 1.29 is 22.7 Å². The molecule has 0 saturated heterocycles. The highest BCUT2D eigenvalue weighted by atomic mass is 32.2. The first kappa shape index (κ1) is 18.9. The van der Waals surface area contributed by atoms with Gasteiger partial charge in [0.15, 0.2) is 0 Å². The van der Waals surface area contributed by atoms with Crippen LogP contribution in [-0.4, -0.2) is 40.2 Å². The minimum absolute atomic E-state index is 0.333. The molecule has 1 heterocycles. The Morgan fingerprint density at radius 1 is 1.11 bits per heavy atom. The summed E-state index contributed by atoms with van der Waals surface area (Å²) in [5.74, 6) is -0.815. The number of hydrogen-bond donors (Lipinski definition) is 1. The molecule has 142 valence electrons. The van der Waals surface area contributed by atoms with E-state index in [0.717, 1.165) is 11.1 Å². The Morgan fingerprint density at radius 3 is 2.48 bits per heavy atom. The van der Waals surface area contributed by atoms with E-state index < -0.39 is 16.0 Å². The first-order valence-corrected chi connectivity index (χ1v) is 10.2. The number of hydrogen-bond acceptors (Lipinski definition) is 5. The average Bonchev–Trinajstić information content (AvgIpc) is 3.06. The number of carbonyl (C=O) groups is 2. The van der Waals surface area contributed by atoms with Crippen LogP contribution in [0.25, 0.3) is 0 Å². The van der Waals surface area contributed by atoms with Crippen LogP contribution in [0.1, 0.15) is 31.8 Å². The van der Waals surface area contributed by atoms with Crippen LogP contribution < -0.4 is 9.62 Å². The zero-order valence-corrected chi connectivity index (χ0v) is 16.1. The largest absolute Gasteiger partial charge is 0.465 e. The molecule has 1 N–H and O–H groups in total. The van der Waals surface area contributed by atoms with E-state index in [1.54, 1.807) is 36.4 Å². The molecule has 1 aliphatic heterocycles. The van der Waals surface area contributed by atoms with E-state index in [-0.39, 0.29) is 5.91 Å². The van der Waals surface area contributed by atoms with Crippen LogP contribution in [0, 0.1) is 6.92 Å². The lowest BCUT2D eigenvalue weighted by Gasteiger charge is -2.16. The van der Waals surface area contributed by atoms with Crippen molar-refractivity contribution in [3.8, 4) is 0 Å². The number of amides is 1. The van der Waals surface area contributed by atoms with Crippen molar-refractivity contribution in [3.05, 3.63) is 58.7 Å². The van der Waals surface area contributed by atoms with Gasteiger partial charge in [-0.05, 0) is 54.8 Å². The smallest absolute Gasteiger partial charge is 0.337 e. The molecule has 2 aromatic carbocycles. The normalized spacial score (nSPS) is 13.2. The van der Waals surface area contributed by atoms with Crippen molar-refractivity contribution >= 4 is 33.3 Å². The molecule has 8 heteroatoms. The predicted octanol–water partition coefficient (Wildman–Crippen LogP) is 2.36. The fraction of sp³-hybridized carbons (Fsp3) is 0.263. The van der Waals surface area contributed by atoms with E-state index in [9.17, 15) is 18.0 Å². The van der Waals surface area contributed by atoms with Gasteiger partial charge in [0.2, 0.25) is 10.0 Å². The van der Waals surface area contributed by atoms with Gasteiger partial charge in [0, 0.05) is 17.8 Å². The van der Waals surface area contributed by atoms with Crippen molar-refractivity contribution in [2.75, 3.05) is 29.5 Å². The quantitative estimate of drug-likeness (QED) is 0.812. The van der Waals surface area contributed by atoms with Crippen LogP contribution in [0.5, 0.6) is 0 Å². The number of anilines is 2. The fourth-order valence-electron chi connectivity index (χ4n) is 3.05. The fourth-order valence-corrected chi connectivity index (χ4v) is 4.01. The Morgan fingerprint density at radius 2 is 1.81 bits per heavy atom. The summed E-state index contributed by atoms with van der Waals surface area (Å²) in [7, 11) is -2.03. The lowest BCUT2D eigenvalue weighted by atomic mass is 10.1. The van der Waals surface area contributed by atoms with E-state index >= 15 is 0 Å². The van der Waals surface area contributed by atoms with Gasteiger partial charge in [-0.1, -0.05) is 6.07 Å². The van der Waals surface area contributed by atoms with Crippen LogP contribution in [0.3, 0.4) is 0 Å². The van der Waals surface area contributed by atoms with Gasteiger partial charge in [-0.25, -0.2) is 13.2 Å². The number of ether oxygens (including phenoxy) is 1. The van der Waals surface area contributed by atoms with Gasteiger partial charge in [0.25, 0.3) is 5.91 Å². The molecule has 0 fully saturated rings. The van der Waals surface area contributed by atoms with E-state index in [2.05, 4.69) is 5.32 Å². The Kier molecular flexibility index (Phi) is 4.93. The van der Waals surface area contributed by atoms with Crippen molar-refractivity contribution in [1.29, 1.82) is 0 Å². The molecular formula is C19H20N2O5S. The standard InChI is InChI=1S/C19H20N2O5S/c1-12-4-5-15(19(23)26-2)11-16(12)20-18(22)14-6-7-17-13(10-14)8-9-21(17)27(3,24)25/h4-7,10-11H,8-9H2,1-3H3,(H,20,22). The molecule has 0 spiro atoms. The van der Waals surface area contributed by atoms with Crippen molar-refractivity contribution in [3.63, 3.8) is 0 Å². The number of sulfonamides is 1. The zero-order chi connectivity index (χ0) is 19.8. The van der Waals surface area contributed by atoms with Crippen molar-refractivity contribution in [2.45, 2.75) is 13.3 Å². The Labute approximate surface area is 158 Å². The highest BCUT2D eigenvalue weighted by Gasteiger charge is 2.26. The minimum atomic E-state index is -3.33. The first-order valence-electron chi connectivity index (χ1n) is 8.31. The van der Waals surface area contributed by atoms with E-state index in [4.69, 9.17) is 4.74 Å². The van der Waals surface area contributed by atoms with Crippen LogP contribution in [0.2, 0.25) is 0 Å². The second-order valence-corrected chi connectivity index (χ2v) is 8.31. The molecule has 3 rings (SSSR count). The number of nitrogens with one attached hydrogen (secondary N) is 1. The highest BCUT2D eigenvalue weighted by Crippen LogP contribution is 2.31. The van der Waals surface area contributed by atoms with Gasteiger partial charge >= 0.3 is 5.97 Å². The molecule has 0 radical (unpaired) electrons. The maximum absolute atomic E-state index is 12.6. The number of benzene rings is 2. The molecule has 0 bridgehead atoms. The maximum Gasteiger partial charge on any atom is 0.337 e. The third kappa shape index (κ3) is 3.80. The molecule has 27 heavy (non-hydrogen) atoms. The maximum atomic E-state index is 12.6. The Balaban J connectivity index is 1.85. The number of fused-ring (bicyclic) bond motifs is 1. The van der Waals surface area contributed by atoms with Gasteiger partial charge in [-0.15, -0.1) is 0 Å². The summed E-state index contributed by atoms with van der Waals surface area (Å²) in [6.45, 7) is 2.20. The van der Waals surface area contributed by atoms with E-state index in [1.807, 2.05) is 6.92 Å². The Hall–Kier alpha value is -2.87. The second-order valence-electron chi connectivity index (χ2n) is 6.40. The van der Waals surface area contributed by atoms with E-state index in [1.165, 1.54) is 17.7 Å². The molecule has 0 aliphatic carbocycles. The molecular weight excluding hydrogens is 368 g/mol. The minimum Gasteiger partial charge on any atom is -0.465 e. The number of esters is 1. The number of methoxy groups -OCH3 is 1. The highest BCUT2D eigenvalue weighted by molar-refractivity contribution is 7.92. The third-order valence-corrected chi connectivity index (χ3v) is 5.68. The van der Waals surface area contributed by atoms with Crippen molar-refractivity contribution in [2.24, 2.45) is 0 Å². The molecule has 0 unspecified atom stereocenters. The summed E-state index contributed by atoms with van der Waals surface area (Å²) in [5, 5.41) is 2.80. The van der Waals surface area contributed by atoms with Crippen LogP contribution in [-0.2, 0) is 21.2 Å². The summed E-state index contributed by atoms with van der Waals surface area (Å²) in [6, 6.07) is 9.88. The molecule has 1 aliphatic rings. The summed E-state index contributed by atoms with van der Waals surface area (Å²) in [4.78, 5) is 24.3. The number of nitrogens with zero attached hydrogens (tertiary/aromatic N) is 1. The molecule has 1 amide bonds. The van der Waals surface area contributed by atoms with Crippen molar-refractivity contribution in [1.82, 2.24) is 0 Å². The predicted molar refractivity (Wildman–Crippen MR) is 103 cm³/mol. The van der Waals surface area contributed by atoms with Crippen LogP contribution in [0.15, 0.2) is 36.4 Å². The molecule has 0 aromatic heterocycles. The van der Waals surface area contributed by atoms with Crippen LogP contribution >= 0.6 is 0 Å². The SMILES string of the molecule is COC(=O)c1ccc(C)c(NC(=O)c2ccc3c(c2)CCN3S(C)(=O)=O)c1. The van der Waals surface area contributed by atoms with Gasteiger partial charge in [-0.2, -0.15) is 0 Å². The zero-order valence-electron chi connectivity index (χ0n) is 15.3.